The number of carbonyl (C=O) groups excluding carboxylic acids is 1. The Balaban J connectivity index is 1.83. The number of thiophene rings is 1. The Morgan fingerprint density at radius 2 is 2.05 bits per heavy atom. The molecule has 0 radical (unpaired) electrons. The molecule has 1 fully saturated rings. The number of anilines is 1. The van der Waals surface area contributed by atoms with Crippen LogP contribution in [0.25, 0.3) is 0 Å². The van der Waals surface area contributed by atoms with Crippen LogP contribution in [0.1, 0.15) is 49.9 Å². The third-order valence-electron chi connectivity index (χ3n) is 3.64. The fourth-order valence-electron chi connectivity index (χ4n) is 2.25. The van der Waals surface area contributed by atoms with E-state index in [1.165, 1.54) is 12.1 Å². The molecule has 1 aromatic heterocycles. The number of rotatable bonds is 4. The van der Waals surface area contributed by atoms with Crippen molar-refractivity contribution in [1.29, 1.82) is 0 Å². The lowest BCUT2D eigenvalue weighted by atomic mass is 10.1. The Hall–Kier alpha value is -2.21. The van der Waals surface area contributed by atoms with Gasteiger partial charge >= 0.3 is 5.97 Å². The molecule has 2 aromatic rings. The zero-order valence-electron chi connectivity index (χ0n) is 11.9. The number of nitrogens with one attached hydrogen (secondary N) is 1. The second kappa shape index (κ2) is 5.53. The zero-order chi connectivity index (χ0) is 15.9. The maximum absolute atomic E-state index is 13.5. The molecule has 0 spiro atoms. The number of aryl methyl sites for hydroxylation is 1. The van der Waals surface area contributed by atoms with E-state index in [2.05, 4.69) is 5.32 Å². The van der Waals surface area contributed by atoms with Crippen LogP contribution in [0.3, 0.4) is 0 Å². The lowest BCUT2D eigenvalue weighted by Gasteiger charge is -2.03. The van der Waals surface area contributed by atoms with E-state index >= 15 is 0 Å². The van der Waals surface area contributed by atoms with Crippen molar-refractivity contribution in [3.8, 4) is 0 Å². The van der Waals surface area contributed by atoms with E-state index in [1.807, 2.05) is 0 Å². The summed E-state index contributed by atoms with van der Waals surface area (Å²) in [4.78, 5) is 23.7. The predicted octanol–water partition coefficient (Wildman–Crippen LogP) is 4.02. The molecule has 1 aromatic carbocycles. The third kappa shape index (κ3) is 2.87. The minimum atomic E-state index is -0.978. The number of carbonyl (C=O) groups is 2. The molecular formula is C16H14FNO3S. The van der Waals surface area contributed by atoms with Crippen molar-refractivity contribution >= 4 is 28.2 Å². The minimum Gasteiger partial charge on any atom is -0.477 e. The number of aromatic carboxylic acids is 1. The molecule has 0 aliphatic heterocycles. The van der Waals surface area contributed by atoms with E-state index in [0.717, 1.165) is 29.7 Å². The molecule has 4 nitrogen and oxygen atoms in total. The van der Waals surface area contributed by atoms with Gasteiger partial charge in [-0.05, 0) is 55.0 Å². The van der Waals surface area contributed by atoms with Crippen LogP contribution in [0.4, 0.5) is 9.39 Å². The van der Waals surface area contributed by atoms with Gasteiger partial charge in [0.25, 0.3) is 5.91 Å². The number of hydrogen-bond acceptors (Lipinski definition) is 3. The van der Waals surface area contributed by atoms with Crippen LogP contribution in [0, 0.1) is 12.7 Å². The Morgan fingerprint density at radius 3 is 2.64 bits per heavy atom. The topological polar surface area (TPSA) is 66.4 Å². The van der Waals surface area contributed by atoms with Crippen LogP contribution in [0.15, 0.2) is 24.3 Å². The summed E-state index contributed by atoms with van der Waals surface area (Å²) in [6.07, 6.45) is 1.96. The summed E-state index contributed by atoms with van der Waals surface area (Å²) in [5, 5.41) is 12.4. The van der Waals surface area contributed by atoms with Crippen LogP contribution in [0.2, 0.25) is 0 Å². The third-order valence-corrected chi connectivity index (χ3v) is 4.70. The van der Waals surface area contributed by atoms with Gasteiger partial charge in [0, 0.05) is 5.56 Å². The maximum Gasteiger partial charge on any atom is 0.346 e. The first-order valence-corrected chi connectivity index (χ1v) is 7.72. The lowest BCUT2D eigenvalue weighted by Crippen LogP contribution is -2.11. The summed E-state index contributed by atoms with van der Waals surface area (Å²) >= 11 is 1.04. The van der Waals surface area contributed by atoms with Gasteiger partial charge in [-0.15, -0.1) is 11.3 Å². The van der Waals surface area contributed by atoms with Crippen LogP contribution in [-0.4, -0.2) is 17.0 Å². The second-order valence-corrected chi connectivity index (χ2v) is 6.44. The normalized spacial score (nSPS) is 13.9. The highest BCUT2D eigenvalue weighted by molar-refractivity contribution is 7.18. The van der Waals surface area contributed by atoms with Crippen LogP contribution in [-0.2, 0) is 0 Å². The zero-order valence-corrected chi connectivity index (χ0v) is 12.7. The highest BCUT2D eigenvalue weighted by Crippen LogP contribution is 2.45. The van der Waals surface area contributed by atoms with Crippen molar-refractivity contribution in [2.24, 2.45) is 0 Å². The number of carboxylic acids is 1. The number of benzene rings is 1. The van der Waals surface area contributed by atoms with Crippen LogP contribution >= 0.6 is 11.3 Å². The summed E-state index contributed by atoms with van der Waals surface area (Å²) in [5.41, 5.74) is 1.46. The number of amides is 1. The molecule has 1 aliphatic carbocycles. The molecule has 3 rings (SSSR count). The molecule has 22 heavy (non-hydrogen) atoms. The number of carboxylic acid groups (broad SMARTS) is 1. The van der Waals surface area contributed by atoms with Gasteiger partial charge in [0.15, 0.2) is 0 Å². The summed E-state index contributed by atoms with van der Waals surface area (Å²) in [7, 11) is 0. The molecule has 1 saturated carbocycles. The van der Waals surface area contributed by atoms with Crippen molar-refractivity contribution in [3.05, 3.63) is 51.7 Å². The SMILES string of the molecule is Cc1ccc(C(=O)Nc2cc(C3CC3)c(C(=O)O)s2)cc1F. The molecule has 0 atom stereocenters. The second-order valence-electron chi connectivity index (χ2n) is 5.39. The molecule has 6 heteroatoms. The van der Waals surface area contributed by atoms with Crippen LogP contribution < -0.4 is 5.32 Å². The minimum absolute atomic E-state index is 0.210. The monoisotopic (exact) mass is 319 g/mol. The van der Waals surface area contributed by atoms with Gasteiger partial charge in [-0.2, -0.15) is 0 Å². The Kier molecular flexibility index (Phi) is 3.70. The van der Waals surface area contributed by atoms with E-state index in [9.17, 15) is 19.1 Å². The fourth-order valence-corrected chi connectivity index (χ4v) is 3.23. The quantitative estimate of drug-likeness (QED) is 0.894. The molecule has 1 heterocycles. The van der Waals surface area contributed by atoms with Gasteiger partial charge in [-0.25, -0.2) is 9.18 Å². The van der Waals surface area contributed by atoms with Crippen molar-refractivity contribution in [2.45, 2.75) is 25.7 Å². The Bertz CT molecular complexity index is 765. The van der Waals surface area contributed by atoms with Crippen molar-refractivity contribution in [1.82, 2.24) is 0 Å². The maximum atomic E-state index is 13.5. The van der Waals surface area contributed by atoms with Gasteiger partial charge in [0.2, 0.25) is 0 Å². The van der Waals surface area contributed by atoms with Crippen LogP contribution in [0.5, 0.6) is 0 Å². The Labute approximate surface area is 130 Å². The lowest BCUT2D eigenvalue weighted by molar-refractivity contribution is 0.0700. The van der Waals surface area contributed by atoms with Crippen molar-refractivity contribution < 1.29 is 19.1 Å². The first-order chi connectivity index (χ1) is 10.5. The van der Waals surface area contributed by atoms with Gasteiger partial charge in [0.05, 0.1) is 5.00 Å². The van der Waals surface area contributed by atoms with Crippen molar-refractivity contribution in [2.75, 3.05) is 5.32 Å². The van der Waals surface area contributed by atoms with E-state index in [1.54, 1.807) is 19.1 Å². The first-order valence-electron chi connectivity index (χ1n) is 6.90. The van der Waals surface area contributed by atoms with E-state index in [0.29, 0.717) is 10.6 Å². The van der Waals surface area contributed by atoms with Gasteiger partial charge < -0.3 is 10.4 Å². The number of halogens is 1. The van der Waals surface area contributed by atoms with Gasteiger partial charge in [-0.1, -0.05) is 6.07 Å². The summed E-state index contributed by atoms with van der Waals surface area (Å²) in [5.74, 6) is -1.58. The molecule has 0 unspecified atom stereocenters. The fraction of sp³-hybridized carbons (Fsp3) is 0.250. The highest BCUT2D eigenvalue weighted by Gasteiger charge is 2.30. The molecule has 0 bridgehead atoms. The average Bonchev–Trinajstić information content (AvgIpc) is 3.22. The standard InChI is InChI=1S/C16H14FNO3S/c1-8-2-3-10(6-12(8)17)15(19)18-13-7-11(9-4-5-9)14(22-13)16(20)21/h2-3,6-7,9H,4-5H2,1H3,(H,18,19)(H,20,21). The molecule has 0 saturated heterocycles. The molecular weight excluding hydrogens is 305 g/mol. The largest absolute Gasteiger partial charge is 0.477 e. The molecule has 1 amide bonds. The van der Waals surface area contributed by atoms with Gasteiger partial charge in [-0.3, -0.25) is 4.79 Å². The molecule has 114 valence electrons. The number of hydrogen-bond donors (Lipinski definition) is 2. The average molecular weight is 319 g/mol. The van der Waals surface area contributed by atoms with E-state index in [-0.39, 0.29) is 16.4 Å². The van der Waals surface area contributed by atoms with E-state index in [4.69, 9.17) is 0 Å². The summed E-state index contributed by atoms with van der Waals surface area (Å²) < 4.78 is 13.5. The smallest absolute Gasteiger partial charge is 0.346 e. The molecule has 2 N–H and O–H groups in total. The Morgan fingerprint density at radius 1 is 1.32 bits per heavy atom. The first kappa shape index (κ1) is 14.7. The summed E-state index contributed by atoms with van der Waals surface area (Å²) in [6, 6.07) is 5.98. The van der Waals surface area contributed by atoms with Gasteiger partial charge in [0.1, 0.15) is 10.7 Å². The summed E-state index contributed by atoms with van der Waals surface area (Å²) in [6.45, 7) is 1.62. The van der Waals surface area contributed by atoms with E-state index < -0.39 is 17.7 Å². The highest BCUT2D eigenvalue weighted by atomic mass is 32.1. The predicted molar refractivity (Wildman–Crippen MR) is 82.3 cm³/mol. The molecule has 1 aliphatic rings. The van der Waals surface area contributed by atoms with Crippen molar-refractivity contribution in [3.63, 3.8) is 0 Å².